The lowest BCUT2D eigenvalue weighted by Crippen LogP contribution is -2.32. The van der Waals surface area contributed by atoms with Gasteiger partial charge in [-0.25, -0.2) is 0 Å². The van der Waals surface area contributed by atoms with Crippen LogP contribution in [0.25, 0.3) is 0 Å². The number of fused-ring (bicyclic) bond motifs is 2. The van der Waals surface area contributed by atoms with Crippen molar-refractivity contribution in [3.8, 4) is 11.5 Å². The molecule has 0 aromatic heterocycles. The Labute approximate surface area is 130 Å². The average molecular weight is 309 g/mol. The van der Waals surface area contributed by atoms with Crippen LogP contribution in [0.2, 0.25) is 5.02 Å². The molecular weight excluding hydrogens is 288 g/mol. The minimum Gasteiger partial charge on any atom is -0.454 e. The van der Waals surface area contributed by atoms with Crippen molar-refractivity contribution < 1.29 is 9.47 Å². The molecule has 114 valence electrons. The van der Waals surface area contributed by atoms with Crippen molar-refractivity contribution in [3.05, 3.63) is 22.7 Å². The number of hydrogen-bond donors (Lipinski definition) is 1. The van der Waals surface area contributed by atoms with Gasteiger partial charge in [-0.05, 0) is 42.4 Å². The zero-order valence-corrected chi connectivity index (χ0v) is 12.8. The first-order valence-corrected chi connectivity index (χ1v) is 8.17. The number of benzene rings is 1. The van der Waals surface area contributed by atoms with Gasteiger partial charge in [0.2, 0.25) is 6.79 Å². The van der Waals surface area contributed by atoms with E-state index in [-0.39, 0.29) is 12.8 Å². The van der Waals surface area contributed by atoms with Crippen LogP contribution in [0, 0.1) is 11.8 Å². The zero-order valence-electron chi connectivity index (χ0n) is 12.1. The van der Waals surface area contributed by atoms with Crippen molar-refractivity contribution in [1.82, 2.24) is 4.90 Å². The summed E-state index contributed by atoms with van der Waals surface area (Å²) in [5.41, 5.74) is 7.22. The zero-order chi connectivity index (χ0) is 14.4. The van der Waals surface area contributed by atoms with E-state index in [1.807, 2.05) is 12.1 Å². The van der Waals surface area contributed by atoms with Gasteiger partial charge in [0.05, 0.1) is 5.02 Å². The van der Waals surface area contributed by atoms with E-state index in [0.717, 1.165) is 23.1 Å². The van der Waals surface area contributed by atoms with E-state index in [2.05, 4.69) is 4.90 Å². The Balaban J connectivity index is 1.60. The number of ether oxygens (including phenoxy) is 2. The minimum atomic E-state index is 0.225. The summed E-state index contributed by atoms with van der Waals surface area (Å²) in [4.78, 5) is 2.53. The van der Waals surface area contributed by atoms with Crippen molar-refractivity contribution in [2.45, 2.75) is 25.3 Å². The van der Waals surface area contributed by atoms with Crippen molar-refractivity contribution in [1.29, 1.82) is 0 Å². The van der Waals surface area contributed by atoms with E-state index in [0.29, 0.717) is 17.3 Å². The molecule has 0 amide bonds. The third-order valence-corrected chi connectivity index (χ3v) is 5.53. The highest BCUT2D eigenvalue weighted by Crippen LogP contribution is 2.44. The highest BCUT2D eigenvalue weighted by atomic mass is 35.5. The van der Waals surface area contributed by atoms with Crippen molar-refractivity contribution in [2.24, 2.45) is 17.6 Å². The molecule has 2 N–H and O–H groups in total. The second kappa shape index (κ2) is 5.34. The quantitative estimate of drug-likeness (QED) is 0.933. The van der Waals surface area contributed by atoms with E-state index < -0.39 is 0 Å². The Morgan fingerprint density at radius 1 is 1.24 bits per heavy atom. The van der Waals surface area contributed by atoms with E-state index in [1.165, 1.54) is 32.4 Å². The second-order valence-corrected chi connectivity index (χ2v) is 6.80. The number of nitrogens with two attached hydrogens (primary N) is 1. The van der Waals surface area contributed by atoms with E-state index >= 15 is 0 Å². The lowest BCUT2D eigenvalue weighted by Gasteiger charge is -2.28. The molecule has 0 bridgehead atoms. The van der Waals surface area contributed by atoms with Crippen LogP contribution in [-0.2, 0) is 0 Å². The monoisotopic (exact) mass is 308 g/mol. The predicted molar refractivity (Wildman–Crippen MR) is 81.8 cm³/mol. The van der Waals surface area contributed by atoms with Crippen LogP contribution in [0.5, 0.6) is 11.5 Å². The molecule has 1 aromatic rings. The second-order valence-electron chi connectivity index (χ2n) is 6.39. The minimum absolute atomic E-state index is 0.225. The van der Waals surface area contributed by atoms with Crippen LogP contribution in [0.1, 0.15) is 30.9 Å². The molecule has 3 aliphatic rings. The maximum atomic E-state index is 6.31. The predicted octanol–water partition coefficient (Wildman–Crippen LogP) is 2.80. The molecule has 1 aromatic carbocycles. The van der Waals surface area contributed by atoms with Crippen LogP contribution in [0.4, 0.5) is 0 Å². The Bertz CT molecular complexity index is 539. The molecule has 1 saturated heterocycles. The van der Waals surface area contributed by atoms with E-state index in [9.17, 15) is 0 Å². The topological polar surface area (TPSA) is 47.7 Å². The van der Waals surface area contributed by atoms with Crippen LogP contribution in [0.3, 0.4) is 0 Å². The summed E-state index contributed by atoms with van der Waals surface area (Å²) in [5.74, 6) is 3.14. The molecule has 1 saturated carbocycles. The summed E-state index contributed by atoms with van der Waals surface area (Å²) < 4.78 is 10.9. The van der Waals surface area contributed by atoms with Crippen LogP contribution in [0.15, 0.2) is 12.1 Å². The summed E-state index contributed by atoms with van der Waals surface area (Å²) in [6.07, 6.45) is 4.15. The number of rotatable bonds is 3. The highest BCUT2D eigenvalue weighted by Gasteiger charge is 2.39. The van der Waals surface area contributed by atoms with Gasteiger partial charge < -0.3 is 15.2 Å². The standard InChI is InChI=1S/C16H21ClN2O2/c17-13-4-12(5-15-16(13)21-9-20-15)14(6-18)19-7-10-2-1-3-11(10)8-19/h4-5,10-11,14H,1-3,6-9,18H2. The van der Waals surface area contributed by atoms with Gasteiger partial charge in [-0.15, -0.1) is 0 Å². The maximum absolute atomic E-state index is 6.31. The van der Waals surface area contributed by atoms with Crippen molar-refractivity contribution in [3.63, 3.8) is 0 Å². The SMILES string of the molecule is NCC(c1cc(Cl)c2c(c1)OCO2)N1CC2CCCC2C1. The Kier molecular flexibility index (Phi) is 3.48. The third-order valence-electron chi connectivity index (χ3n) is 5.25. The lowest BCUT2D eigenvalue weighted by atomic mass is 10.0. The largest absolute Gasteiger partial charge is 0.454 e. The molecule has 5 heteroatoms. The summed E-state index contributed by atoms with van der Waals surface area (Å²) in [6.45, 7) is 3.19. The summed E-state index contributed by atoms with van der Waals surface area (Å²) in [5, 5.41) is 0.623. The molecule has 0 spiro atoms. The van der Waals surface area contributed by atoms with Crippen molar-refractivity contribution in [2.75, 3.05) is 26.4 Å². The fraction of sp³-hybridized carbons (Fsp3) is 0.625. The lowest BCUT2D eigenvalue weighted by molar-refractivity contribution is 0.174. The number of hydrogen-bond acceptors (Lipinski definition) is 4. The number of likely N-dealkylation sites (tertiary alicyclic amines) is 1. The average Bonchev–Trinajstić information content (AvgIpc) is 3.13. The fourth-order valence-electron chi connectivity index (χ4n) is 4.20. The molecule has 4 nitrogen and oxygen atoms in total. The number of halogens is 1. The van der Waals surface area contributed by atoms with Gasteiger partial charge in [-0.3, -0.25) is 4.90 Å². The first-order chi connectivity index (χ1) is 10.3. The molecule has 2 heterocycles. The van der Waals surface area contributed by atoms with Crippen LogP contribution >= 0.6 is 11.6 Å². The van der Waals surface area contributed by atoms with E-state index in [1.54, 1.807) is 0 Å². The first-order valence-electron chi connectivity index (χ1n) is 7.79. The first kappa shape index (κ1) is 13.7. The van der Waals surface area contributed by atoms with Gasteiger partial charge in [0.1, 0.15) is 0 Å². The summed E-state index contributed by atoms with van der Waals surface area (Å²) in [6, 6.07) is 4.25. The molecule has 4 rings (SSSR count). The molecule has 3 unspecified atom stereocenters. The molecule has 0 radical (unpaired) electrons. The van der Waals surface area contributed by atoms with Gasteiger partial charge in [-0.2, -0.15) is 0 Å². The maximum Gasteiger partial charge on any atom is 0.231 e. The number of nitrogens with zero attached hydrogens (tertiary/aromatic N) is 1. The molecule has 2 aliphatic heterocycles. The Morgan fingerprint density at radius 3 is 2.71 bits per heavy atom. The van der Waals surface area contributed by atoms with Gasteiger partial charge >= 0.3 is 0 Å². The van der Waals surface area contributed by atoms with Gasteiger partial charge in [0, 0.05) is 25.7 Å². The summed E-state index contributed by atoms with van der Waals surface area (Å²) >= 11 is 6.31. The Morgan fingerprint density at radius 2 is 2.00 bits per heavy atom. The van der Waals surface area contributed by atoms with Gasteiger partial charge in [0.15, 0.2) is 11.5 Å². The van der Waals surface area contributed by atoms with Crippen molar-refractivity contribution >= 4 is 11.6 Å². The van der Waals surface area contributed by atoms with Crippen LogP contribution < -0.4 is 15.2 Å². The highest BCUT2D eigenvalue weighted by molar-refractivity contribution is 6.32. The molecular formula is C16H21ClN2O2. The molecule has 21 heavy (non-hydrogen) atoms. The summed E-state index contributed by atoms with van der Waals surface area (Å²) in [7, 11) is 0. The fourth-order valence-corrected chi connectivity index (χ4v) is 4.48. The Hall–Kier alpha value is -0.970. The van der Waals surface area contributed by atoms with Crippen LogP contribution in [-0.4, -0.2) is 31.3 Å². The molecule has 3 atom stereocenters. The molecule has 1 aliphatic carbocycles. The molecule has 2 fully saturated rings. The normalized spacial score (nSPS) is 28.9. The van der Waals surface area contributed by atoms with Gasteiger partial charge in [-0.1, -0.05) is 18.0 Å². The van der Waals surface area contributed by atoms with E-state index in [4.69, 9.17) is 26.8 Å². The van der Waals surface area contributed by atoms with Gasteiger partial charge in [0.25, 0.3) is 0 Å². The smallest absolute Gasteiger partial charge is 0.231 e. The third kappa shape index (κ3) is 2.30.